The Kier molecular flexibility index (Phi) is 7.65. The molecule has 3 aromatic rings. The summed E-state index contributed by atoms with van der Waals surface area (Å²) in [4.78, 5) is 4.28. The molecule has 0 heterocycles. The van der Waals surface area contributed by atoms with Gasteiger partial charge in [-0.1, -0.05) is 84.9 Å². The Bertz CT molecular complexity index is 846. The third kappa shape index (κ3) is 6.56. The quantitative estimate of drug-likeness (QED) is 0.458. The molecule has 3 aromatic carbocycles. The predicted octanol–water partition coefficient (Wildman–Crippen LogP) is 4.27. The third-order valence-corrected chi connectivity index (χ3v) is 4.39. The Morgan fingerprint density at radius 1 is 0.643 bits per heavy atom. The number of aliphatic imine (C=N–C) groups is 1. The van der Waals surface area contributed by atoms with Gasteiger partial charge in [-0.05, 0) is 22.3 Å². The summed E-state index contributed by atoms with van der Waals surface area (Å²) >= 11 is 0. The Balaban J connectivity index is 1.40. The van der Waals surface area contributed by atoms with Crippen LogP contribution < -0.4 is 10.6 Å². The number of hydrogen-bond acceptors (Lipinski definition) is 2. The van der Waals surface area contributed by atoms with Crippen molar-refractivity contribution in [3.8, 4) is 0 Å². The first kappa shape index (κ1) is 19.6. The molecule has 0 amide bonds. The molecule has 0 atom stereocenters. The largest absolute Gasteiger partial charge is 0.372 e. The zero-order valence-electron chi connectivity index (χ0n) is 16.3. The van der Waals surface area contributed by atoms with E-state index in [1.54, 1.807) is 7.05 Å². The van der Waals surface area contributed by atoms with E-state index < -0.39 is 0 Å². The summed E-state index contributed by atoms with van der Waals surface area (Å²) in [6.07, 6.45) is 0. The zero-order chi connectivity index (χ0) is 19.4. The highest BCUT2D eigenvalue weighted by molar-refractivity contribution is 5.79. The first-order chi connectivity index (χ1) is 13.8. The summed E-state index contributed by atoms with van der Waals surface area (Å²) in [6, 6.07) is 29.0. The Labute approximate surface area is 167 Å². The summed E-state index contributed by atoms with van der Waals surface area (Å²) in [5.74, 6) is 0.791. The normalized spacial score (nSPS) is 11.2. The van der Waals surface area contributed by atoms with E-state index in [4.69, 9.17) is 4.74 Å². The lowest BCUT2D eigenvalue weighted by atomic mass is 10.1. The van der Waals surface area contributed by atoms with Gasteiger partial charge in [0.1, 0.15) is 0 Å². The molecule has 0 aromatic heterocycles. The lowest BCUT2D eigenvalue weighted by Gasteiger charge is -2.12. The molecule has 3 rings (SSSR count). The SMILES string of the molecule is CN=C(NCc1ccccc1)NCc1ccc(COCc2ccccc2)cc1. The molecule has 0 radical (unpaired) electrons. The molecule has 0 spiro atoms. The van der Waals surface area contributed by atoms with Crippen LogP contribution in [0.2, 0.25) is 0 Å². The molecule has 2 N–H and O–H groups in total. The van der Waals surface area contributed by atoms with Gasteiger partial charge < -0.3 is 15.4 Å². The van der Waals surface area contributed by atoms with E-state index in [1.807, 2.05) is 36.4 Å². The second kappa shape index (κ2) is 10.9. The second-order valence-corrected chi connectivity index (χ2v) is 6.56. The van der Waals surface area contributed by atoms with Crippen molar-refractivity contribution < 1.29 is 4.74 Å². The fourth-order valence-corrected chi connectivity index (χ4v) is 2.80. The minimum atomic E-state index is 0.614. The van der Waals surface area contributed by atoms with Crippen LogP contribution in [-0.2, 0) is 31.0 Å². The van der Waals surface area contributed by atoms with E-state index in [0.29, 0.717) is 13.2 Å². The Morgan fingerprint density at radius 2 is 1.07 bits per heavy atom. The van der Waals surface area contributed by atoms with E-state index in [0.717, 1.165) is 19.0 Å². The number of nitrogens with one attached hydrogen (secondary N) is 2. The van der Waals surface area contributed by atoms with Gasteiger partial charge in [-0.3, -0.25) is 4.99 Å². The highest BCUT2D eigenvalue weighted by atomic mass is 16.5. The zero-order valence-corrected chi connectivity index (χ0v) is 16.3. The summed E-state index contributed by atoms with van der Waals surface area (Å²) in [7, 11) is 1.79. The van der Waals surface area contributed by atoms with Gasteiger partial charge in [-0.15, -0.1) is 0 Å². The van der Waals surface area contributed by atoms with Crippen LogP contribution in [-0.4, -0.2) is 13.0 Å². The highest BCUT2D eigenvalue weighted by Crippen LogP contribution is 2.08. The minimum absolute atomic E-state index is 0.614. The number of benzene rings is 3. The molecule has 0 bridgehead atoms. The van der Waals surface area contributed by atoms with Crippen molar-refractivity contribution in [2.45, 2.75) is 26.3 Å². The molecular formula is C24H27N3O. The molecule has 4 nitrogen and oxygen atoms in total. The van der Waals surface area contributed by atoms with Crippen LogP contribution in [0.5, 0.6) is 0 Å². The van der Waals surface area contributed by atoms with Gasteiger partial charge in [0, 0.05) is 20.1 Å². The van der Waals surface area contributed by atoms with Gasteiger partial charge in [-0.2, -0.15) is 0 Å². The molecular weight excluding hydrogens is 346 g/mol. The van der Waals surface area contributed by atoms with E-state index in [-0.39, 0.29) is 0 Å². The second-order valence-electron chi connectivity index (χ2n) is 6.56. The predicted molar refractivity (Wildman–Crippen MR) is 115 cm³/mol. The number of hydrogen-bond donors (Lipinski definition) is 2. The van der Waals surface area contributed by atoms with Gasteiger partial charge >= 0.3 is 0 Å². The van der Waals surface area contributed by atoms with Crippen LogP contribution in [0.3, 0.4) is 0 Å². The summed E-state index contributed by atoms with van der Waals surface area (Å²) in [6.45, 7) is 2.72. The summed E-state index contributed by atoms with van der Waals surface area (Å²) in [5, 5.41) is 6.68. The summed E-state index contributed by atoms with van der Waals surface area (Å²) < 4.78 is 5.79. The van der Waals surface area contributed by atoms with Crippen LogP contribution in [0, 0.1) is 0 Å². The average molecular weight is 374 g/mol. The van der Waals surface area contributed by atoms with Crippen molar-refractivity contribution in [3.63, 3.8) is 0 Å². The topological polar surface area (TPSA) is 45.7 Å². The lowest BCUT2D eigenvalue weighted by molar-refractivity contribution is 0.107. The average Bonchev–Trinajstić information content (AvgIpc) is 2.76. The van der Waals surface area contributed by atoms with Crippen molar-refractivity contribution in [2.24, 2.45) is 4.99 Å². The molecule has 0 fully saturated rings. The standard InChI is InChI=1S/C24H27N3O/c1-25-24(26-16-20-8-4-2-5-9-20)27-17-21-12-14-23(15-13-21)19-28-18-22-10-6-3-7-11-22/h2-15H,16-19H2,1H3,(H2,25,26,27). The minimum Gasteiger partial charge on any atom is -0.372 e. The van der Waals surface area contributed by atoms with Gasteiger partial charge in [0.2, 0.25) is 0 Å². The van der Waals surface area contributed by atoms with Crippen LogP contribution in [0.25, 0.3) is 0 Å². The molecule has 4 heteroatoms. The van der Waals surface area contributed by atoms with E-state index in [1.165, 1.54) is 22.3 Å². The maximum atomic E-state index is 5.79. The number of guanidine groups is 1. The highest BCUT2D eigenvalue weighted by Gasteiger charge is 2.00. The molecule has 144 valence electrons. The molecule has 0 saturated heterocycles. The van der Waals surface area contributed by atoms with Crippen molar-refractivity contribution in [2.75, 3.05) is 7.05 Å². The van der Waals surface area contributed by atoms with E-state index in [2.05, 4.69) is 64.2 Å². The molecule has 0 saturated carbocycles. The molecule has 0 aliphatic carbocycles. The molecule has 0 aliphatic heterocycles. The number of nitrogens with zero attached hydrogens (tertiary/aromatic N) is 1. The van der Waals surface area contributed by atoms with Gasteiger partial charge in [0.15, 0.2) is 5.96 Å². The molecule has 28 heavy (non-hydrogen) atoms. The summed E-state index contributed by atoms with van der Waals surface area (Å²) in [5.41, 5.74) is 4.80. The van der Waals surface area contributed by atoms with Crippen molar-refractivity contribution >= 4 is 5.96 Å². The first-order valence-electron chi connectivity index (χ1n) is 9.51. The maximum absolute atomic E-state index is 5.79. The number of ether oxygens (including phenoxy) is 1. The van der Waals surface area contributed by atoms with E-state index in [9.17, 15) is 0 Å². The smallest absolute Gasteiger partial charge is 0.191 e. The van der Waals surface area contributed by atoms with Crippen molar-refractivity contribution in [1.29, 1.82) is 0 Å². The maximum Gasteiger partial charge on any atom is 0.191 e. The lowest BCUT2D eigenvalue weighted by Crippen LogP contribution is -2.36. The molecule has 0 unspecified atom stereocenters. The first-order valence-corrected chi connectivity index (χ1v) is 9.51. The van der Waals surface area contributed by atoms with Gasteiger partial charge in [0.25, 0.3) is 0 Å². The van der Waals surface area contributed by atoms with Gasteiger partial charge in [0.05, 0.1) is 13.2 Å². The van der Waals surface area contributed by atoms with Crippen LogP contribution in [0.1, 0.15) is 22.3 Å². The third-order valence-electron chi connectivity index (χ3n) is 4.39. The van der Waals surface area contributed by atoms with Crippen LogP contribution in [0.15, 0.2) is 89.9 Å². The Hall–Kier alpha value is -3.11. The van der Waals surface area contributed by atoms with E-state index >= 15 is 0 Å². The van der Waals surface area contributed by atoms with Gasteiger partial charge in [-0.25, -0.2) is 0 Å². The number of rotatable bonds is 8. The monoisotopic (exact) mass is 373 g/mol. The van der Waals surface area contributed by atoms with Crippen LogP contribution in [0.4, 0.5) is 0 Å². The molecule has 0 aliphatic rings. The fourth-order valence-electron chi connectivity index (χ4n) is 2.80. The van der Waals surface area contributed by atoms with Crippen LogP contribution >= 0.6 is 0 Å². The van der Waals surface area contributed by atoms with Crippen molar-refractivity contribution in [3.05, 3.63) is 107 Å². The fraction of sp³-hybridized carbons (Fsp3) is 0.208. The Morgan fingerprint density at radius 3 is 1.61 bits per heavy atom. The van der Waals surface area contributed by atoms with Crippen molar-refractivity contribution in [1.82, 2.24) is 10.6 Å².